The molecule has 1 saturated heterocycles. The van der Waals surface area contributed by atoms with E-state index in [1.165, 1.54) is 32.1 Å². The SMILES string of the molecule is COC(=O)c1ccc(CN2CCCC2)cc1F. The Morgan fingerprint density at radius 1 is 1.41 bits per heavy atom. The van der Waals surface area contributed by atoms with Crippen LogP contribution in [0.5, 0.6) is 0 Å². The maximum atomic E-state index is 13.6. The molecule has 0 unspecified atom stereocenters. The number of ether oxygens (including phenoxy) is 1. The topological polar surface area (TPSA) is 29.5 Å². The summed E-state index contributed by atoms with van der Waals surface area (Å²) in [6, 6.07) is 4.70. The van der Waals surface area contributed by atoms with E-state index < -0.39 is 11.8 Å². The van der Waals surface area contributed by atoms with Gasteiger partial charge in [-0.1, -0.05) is 6.07 Å². The van der Waals surface area contributed by atoms with Gasteiger partial charge in [-0.2, -0.15) is 0 Å². The third-order valence-corrected chi connectivity index (χ3v) is 3.04. The predicted octanol–water partition coefficient (Wildman–Crippen LogP) is 2.21. The maximum absolute atomic E-state index is 13.6. The smallest absolute Gasteiger partial charge is 0.340 e. The van der Waals surface area contributed by atoms with E-state index in [1.807, 2.05) is 0 Å². The van der Waals surface area contributed by atoms with Gasteiger partial charge in [0.15, 0.2) is 0 Å². The van der Waals surface area contributed by atoms with Crippen LogP contribution < -0.4 is 0 Å². The number of carbonyl (C=O) groups is 1. The van der Waals surface area contributed by atoms with Crippen LogP contribution in [0.1, 0.15) is 28.8 Å². The highest BCUT2D eigenvalue weighted by molar-refractivity contribution is 5.89. The van der Waals surface area contributed by atoms with E-state index in [1.54, 1.807) is 6.07 Å². The number of likely N-dealkylation sites (tertiary alicyclic amines) is 1. The zero-order valence-electron chi connectivity index (χ0n) is 9.91. The van der Waals surface area contributed by atoms with Crippen LogP contribution in [0.2, 0.25) is 0 Å². The van der Waals surface area contributed by atoms with Crippen LogP contribution in [-0.2, 0) is 11.3 Å². The molecule has 3 nitrogen and oxygen atoms in total. The van der Waals surface area contributed by atoms with Gasteiger partial charge in [0, 0.05) is 6.54 Å². The standard InChI is InChI=1S/C13H16FNO2/c1-17-13(16)11-5-4-10(8-12(11)14)9-15-6-2-3-7-15/h4-5,8H,2-3,6-7,9H2,1H3. The van der Waals surface area contributed by atoms with Crippen LogP contribution in [-0.4, -0.2) is 31.1 Å². The molecule has 0 atom stereocenters. The van der Waals surface area contributed by atoms with E-state index in [0.29, 0.717) is 0 Å². The van der Waals surface area contributed by atoms with Gasteiger partial charge in [-0.15, -0.1) is 0 Å². The van der Waals surface area contributed by atoms with E-state index in [4.69, 9.17) is 0 Å². The Kier molecular flexibility index (Phi) is 3.74. The van der Waals surface area contributed by atoms with Crippen LogP contribution in [0.25, 0.3) is 0 Å². The highest BCUT2D eigenvalue weighted by atomic mass is 19.1. The Hall–Kier alpha value is -1.42. The molecule has 1 aromatic carbocycles. The molecule has 1 heterocycles. The molecule has 92 valence electrons. The van der Waals surface area contributed by atoms with Crippen molar-refractivity contribution >= 4 is 5.97 Å². The lowest BCUT2D eigenvalue weighted by atomic mass is 10.1. The number of hydrogen-bond donors (Lipinski definition) is 0. The van der Waals surface area contributed by atoms with Crippen molar-refractivity contribution in [2.24, 2.45) is 0 Å². The molecule has 17 heavy (non-hydrogen) atoms. The molecule has 1 fully saturated rings. The number of methoxy groups -OCH3 is 1. The molecule has 0 spiro atoms. The van der Waals surface area contributed by atoms with Gasteiger partial charge in [-0.25, -0.2) is 9.18 Å². The lowest BCUT2D eigenvalue weighted by Crippen LogP contribution is -2.18. The number of benzene rings is 1. The summed E-state index contributed by atoms with van der Waals surface area (Å²) in [4.78, 5) is 13.5. The Morgan fingerprint density at radius 2 is 2.12 bits per heavy atom. The molecule has 0 aliphatic carbocycles. The summed E-state index contributed by atoms with van der Waals surface area (Å²) in [6.07, 6.45) is 2.42. The lowest BCUT2D eigenvalue weighted by molar-refractivity contribution is 0.0595. The molecule has 1 aromatic rings. The minimum Gasteiger partial charge on any atom is -0.465 e. The van der Waals surface area contributed by atoms with Crippen molar-refractivity contribution in [2.75, 3.05) is 20.2 Å². The molecule has 4 heteroatoms. The second kappa shape index (κ2) is 5.27. The highest BCUT2D eigenvalue weighted by Gasteiger charge is 2.15. The molecule has 1 aliphatic rings. The van der Waals surface area contributed by atoms with Crippen LogP contribution in [0, 0.1) is 5.82 Å². The second-order valence-electron chi connectivity index (χ2n) is 4.29. The number of hydrogen-bond acceptors (Lipinski definition) is 3. The summed E-state index contributed by atoms with van der Waals surface area (Å²) >= 11 is 0. The lowest BCUT2D eigenvalue weighted by Gasteiger charge is -2.14. The zero-order valence-corrected chi connectivity index (χ0v) is 9.91. The molecule has 2 rings (SSSR count). The maximum Gasteiger partial charge on any atom is 0.340 e. The molecule has 0 saturated carbocycles. The fourth-order valence-corrected chi connectivity index (χ4v) is 2.13. The van der Waals surface area contributed by atoms with Crippen molar-refractivity contribution < 1.29 is 13.9 Å². The minimum atomic E-state index is -0.629. The van der Waals surface area contributed by atoms with E-state index in [9.17, 15) is 9.18 Å². The number of esters is 1. The minimum absolute atomic E-state index is 0.00216. The number of nitrogens with zero attached hydrogens (tertiary/aromatic N) is 1. The van der Waals surface area contributed by atoms with E-state index >= 15 is 0 Å². The summed E-state index contributed by atoms with van der Waals surface area (Å²) in [6.45, 7) is 2.89. The normalized spacial score (nSPS) is 16.1. The van der Waals surface area contributed by atoms with Crippen molar-refractivity contribution in [1.29, 1.82) is 0 Å². The Balaban J connectivity index is 2.10. The van der Waals surface area contributed by atoms with Crippen LogP contribution in [0.4, 0.5) is 4.39 Å². The van der Waals surface area contributed by atoms with Gasteiger partial charge in [0.1, 0.15) is 5.82 Å². The molecular formula is C13H16FNO2. The van der Waals surface area contributed by atoms with Crippen molar-refractivity contribution in [1.82, 2.24) is 4.90 Å². The number of carbonyl (C=O) groups excluding carboxylic acids is 1. The van der Waals surface area contributed by atoms with E-state index in [-0.39, 0.29) is 5.56 Å². The third-order valence-electron chi connectivity index (χ3n) is 3.04. The average molecular weight is 237 g/mol. The predicted molar refractivity (Wildman–Crippen MR) is 62.3 cm³/mol. The third kappa shape index (κ3) is 2.82. The van der Waals surface area contributed by atoms with Gasteiger partial charge in [-0.05, 0) is 43.6 Å². The monoisotopic (exact) mass is 237 g/mol. The molecule has 0 N–H and O–H groups in total. The van der Waals surface area contributed by atoms with Crippen molar-refractivity contribution in [2.45, 2.75) is 19.4 Å². The quantitative estimate of drug-likeness (QED) is 0.755. The summed E-state index contributed by atoms with van der Waals surface area (Å²) in [5.41, 5.74) is 0.898. The number of halogens is 1. The van der Waals surface area contributed by atoms with Crippen LogP contribution in [0.15, 0.2) is 18.2 Å². The van der Waals surface area contributed by atoms with E-state index in [2.05, 4.69) is 9.64 Å². The largest absolute Gasteiger partial charge is 0.465 e. The summed E-state index contributed by atoms with van der Waals surface area (Å²) in [5.74, 6) is -1.14. The van der Waals surface area contributed by atoms with Crippen LogP contribution in [0.3, 0.4) is 0 Å². The molecule has 0 bridgehead atoms. The summed E-state index contributed by atoms with van der Waals surface area (Å²) in [7, 11) is 1.25. The molecule has 0 radical (unpaired) electrons. The van der Waals surface area contributed by atoms with Gasteiger partial charge < -0.3 is 4.74 Å². The van der Waals surface area contributed by atoms with Crippen molar-refractivity contribution in [3.63, 3.8) is 0 Å². The summed E-state index contributed by atoms with van der Waals surface area (Å²) in [5, 5.41) is 0. The van der Waals surface area contributed by atoms with Gasteiger partial charge in [0.05, 0.1) is 12.7 Å². The van der Waals surface area contributed by atoms with Gasteiger partial charge in [0.2, 0.25) is 0 Å². The van der Waals surface area contributed by atoms with Crippen LogP contribution >= 0.6 is 0 Å². The van der Waals surface area contributed by atoms with Crippen molar-refractivity contribution in [3.05, 3.63) is 35.1 Å². The molecule has 0 amide bonds. The zero-order chi connectivity index (χ0) is 12.3. The fraction of sp³-hybridized carbons (Fsp3) is 0.462. The molecule has 0 aromatic heterocycles. The highest BCUT2D eigenvalue weighted by Crippen LogP contribution is 2.16. The fourth-order valence-electron chi connectivity index (χ4n) is 2.13. The first-order valence-corrected chi connectivity index (χ1v) is 5.80. The van der Waals surface area contributed by atoms with Gasteiger partial charge >= 0.3 is 5.97 Å². The van der Waals surface area contributed by atoms with Crippen molar-refractivity contribution in [3.8, 4) is 0 Å². The first-order valence-electron chi connectivity index (χ1n) is 5.80. The van der Waals surface area contributed by atoms with E-state index in [0.717, 1.165) is 25.2 Å². The second-order valence-corrected chi connectivity index (χ2v) is 4.29. The average Bonchev–Trinajstić information content (AvgIpc) is 2.81. The first-order chi connectivity index (χ1) is 8.20. The number of rotatable bonds is 3. The Bertz CT molecular complexity index is 414. The first kappa shape index (κ1) is 12.0. The summed E-state index contributed by atoms with van der Waals surface area (Å²) < 4.78 is 18.1. The Labute approximate surface area is 100 Å². The molecular weight excluding hydrogens is 221 g/mol. The molecule has 1 aliphatic heterocycles. The van der Waals surface area contributed by atoms with Gasteiger partial charge in [-0.3, -0.25) is 4.90 Å². The Morgan fingerprint density at radius 3 is 2.71 bits per heavy atom. The van der Waals surface area contributed by atoms with Gasteiger partial charge in [0.25, 0.3) is 0 Å².